The Balaban J connectivity index is 2.14. The predicted molar refractivity (Wildman–Crippen MR) is 70.2 cm³/mol. The largest absolute Gasteiger partial charge is 0.350 e. The van der Waals surface area contributed by atoms with E-state index in [-0.39, 0.29) is 5.82 Å². The van der Waals surface area contributed by atoms with E-state index in [1.807, 2.05) is 13.8 Å². The molecule has 0 radical (unpaired) electrons. The lowest BCUT2D eigenvalue weighted by Crippen LogP contribution is -2.07. The minimum Gasteiger partial charge on any atom is -0.350 e. The Morgan fingerprint density at radius 2 is 1.94 bits per heavy atom. The van der Waals surface area contributed by atoms with E-state index >= 15 is 0 Å². The van der Waals surface area contributed by atoms with E-state index in [1.54, 1.807) is 18.2 Å². The van der Waals surface area contributed by atoms with Crippen molar-refractivity contribution in [2.75, 3.05) is 5.32 Å². The molecule has 0 fully saturated rings. The van der Waals surface area contributed by atoms with Gasteiger partial charge in [0.1, 0.15) is 11.0 Å². The number of rotatable bonds is 3. The molecule has 1 heterocycles. The highest BCUT2D eigenvalue weighted by atomic mass is 35.5. The summed E-state index contributed by atoms with van der Waals surface area (Å²) in [6.45, 7) is 4.04. The molecule has 0 amide bonds. The quantitative estimate of drug-likeness (QED) is 0.863. The lowest BCUT2D eigenvalue weighted by molar-refractivity contribution is 0.612. The van der Waals surface area contributed by atoms with Crippen LogP contribution < -0.4 is 5.32 Å². The summed E-state index contributed by atoms with van der Waals surface area (Å²) in [6.07, 6.45) is 0. The van der Waals surface area contributed by atoms with E-state index in [0.717, 1.165) is 11.3 Å². The van der Waals surface area contributed by atoms with Gasteiger partial charge in [-0.05, 0) is 19.9 Å². The first-order valence-electron chi connectivity index (χ1n) is 5.56. The van der Waals surface area contributed by atoms with E-state index in [4.69, 9.17) is 11.6 Å². The monoisotopic (exact) mass is 265 g/mol. The van der Waals surface area contributed by atoms with Gasteiger partial charge in [0.05, 0.1) is 0 Å². The van der Waals surface area contributed by atoms with Crippen LogP contribution in [0, 0.1) is 19.7 Å². The second kappa shape index (κ2) is 5.31. The van der Waals surface area contributed by atoms with Gasteiger partial charge in [-0.1, -0.05) is 29.8 Å². The van der Waals surface area contributed by atoms with Crippen LogP contribution in [-0.4, -0.2) is 9.97 Å². The third-order valence-corrected chi connectivity index (χ3v) is 3.09. The fourth-order valence-electron chi connectivity index (χ4n) is 1.49. The lowest BCUT2D eigenvalue weighted by Gasteiger charge is -2.08. The molecule has 0 bridgehead atoms. The second-order valence-corrected chi connectivity index (χ2v) is 4.35. The van der Waals surface area contributed by atoms with Crippen LogP contribution in [-0.2, 0) is 6.54 Å². The van der Waals surface area contributed by atoms with Gasteiger partial charge in [0.15, 0.2) is 0 Å². The van der Waals surface area contributed by atoms with Crippen molar-refractivity contribution in [3.05, 3.63) is 52.1 Å². The Labute approximate surface area is 110 Å². The molecule has 5 heteroatoms. The van der Waals surface area contributed by atoms with Crippen LogP contribution in [0.2, 0.25) is 5.15 Å². The average molecular weight is 266 g/mol. The molecule has 2 aromatic rings. The van der Waals surface area contributed by atoms with Crippen LogP contribution in [0.15, 0.2) is 24.3 Å². The summed E-state index contributed by atoms with van der Waals surface area (Å²) in [7, 11) is 0. The zero-order valence-corrected chi connectivity index (χ0v) is 10.9. The molecule has 0 aliphatic rings. The summed E-state index contributed by atoms with van der Waals surface area (Å²) in [4.78, 5) is 8.35. The number of nitrogens with zero attached hydrogens (tertiary/aromatic N) is 2. The second-order valence-electron chi connectivity index (χ2n) is 3.99. The zero-order chi connectivity index (χ0) is 13.1. The molecule has 0 atom stereocenters. The highest BCUT2D eigenvalue weighted by Crippen LogP contribution is 2.17. The topological polar surface area (TPSA) is 37.8 Å². The molecule has 0 aliphatic heterocycles. The van der Waals surface area contributed by atoms with Gasteiger partial charge in [-0.3, -0.25) is 0 Å². The fraction of sp³-hybridized carbons (Fsp3) is 0.231. The van der Waals surface area contributed by atoms with Crippen LogP contribution in [0.5, 0.6) is 0 Å². The van der Waals surface area contributed by atoms with Crippen LogP contribution in [0.4, 0.5) is 10.3 Å². The molecule has 0 aliphatic carbocycles. The number of anilines is 1. The van der Waals surface area contributed by atoms with Crippen molar-refractivity contribution in [3.8, 4) is 0 Å². The number of hydrogen-bond acceptors (Lipinski definition) is 3. The molecule has 1 aromatic heterocycles. The summed E-state index contributed by atoms with van der Waals surface area (Å²) >= 11 is 5.97. The zero-order valence-electron chi connectivity index (χ0n) is 10.2. The van der Waals surface area contributed by atoms with Crippen molar-refractivity contribution >= 4 is 17.5 Å². The SMILES string of the molecule is Cc1nc(NCc2ccccc2F)nc(Cl)c1C. The maximum Gasteiger partial charge on any atom is 0.224 e. The molecule has 18 heavy (non-hydrogen) atoms. The summed E-state index contributed by atoms with van der Waals surface area (Å²) < 4.78 is 13.4. The minimum atomic E-state index is -0.250. The van der Waals surface area contributed by atoms with Crippen LogP contribution in [0.3, 0.4) is 0 Å². The maximum absolute atomic E-state index is 13.4. The molecule has 3 nitrogen and oxygen atoms in total. The molecular formula is C13H13ClFN3. The summed E-state index contributed by atoms with van der Waals surface area (Å²) in [5.74, 6) is 0.159. The van der Waals surface area contributed by atoms with E-state index < -0.39 is 0 Å². The molecule has 1 N–H and O–H groups in total. The molecule has 0 saturated heterocycles. The molecule has 0 saturated carbocycles. The Kier molecular flexibility index (Phi) is 3.77. The summed E-state index contributed by atoms with van der Waals surface area (Å²) in [6, 6.07) is 6.58. The lowest BCUT2D eigenvalue weighted by atomic mass is 10.2. The van der Waals surface area contributed by atoms with Crippen LogP contribution >= 0.6 is 11.6 Å². The van der Waals surface area contributed by atoms with Crippen molar-refractivity contribution in [2.24, 2.45) is 0 Å². The van der Waals surface area contributed by atoms with Gasteiger partial charge >= 0.3 is 0 Å². The van der Waals surface area contributed by atoms with Crippen molar-refractivity contribution in [1.82, 2.24) is 9.97 Å². The third-order valence-electron chi connectivity index (χ3n) is 2.72. The molecule has 2 rings (SSSR count). The maximum atomic E-state index is 13.4. The number of nitrogens with one attached hydrogen (secondary N) is 1. The number of aromatic nitrogens is 2. The van der Waals surface area contributed by atoms with Gasteiger partial charge in [0.2, 0.25) is 5.95 Å². The third kappa shape index (κ3) is 2.76. The first-order chi connectivity index (χ1) is 8.58. The summed E-state index contributed by atoms with van der Waals surface area (Å²) in [5, 5.41) is 3.38. The first-order valence-corrected chi connectivity index (χ1v) is 5.93. The molecule has 0 spiro atoms. The normalized spacial score (nSPS) is 10.4. The standard InChI is InChI=1S/C13H13ClFN3/c1-8-9(2)17-13(18-12(8)14)16-7-10-5-3-4-6-11(10)15/h3-6H,7H2,1-2H3,(H,16,17,18). The highest BCUT2D eigenvalue weighted by molar-refractivity contribution is 6.30. The van der Waals surface area contributed by atoms with Crippen molar-refractivity contribution in [2.45, 2.75) is 20.4 Å². The predicted octanol–water partition coefficient (Wildman–Crippen LogP) is 3.50. The van der Waals surface area contributed by atoms with Gasteiger partial charge in [0, 0.05) is 23.4 Å². The Morgan fingerprint density at radius 3 is 2.61 bits per heavy atom. The van der Waals surface area contributed by atoms with Crippen molar-refractivity contribution in [3.63, 3.8) is 0 Å². The smallest absolute Gasteiger partial charge is 0.224 e. The number of halogens is 2. The number of aryl methyl sites for hydroxylation is 1. The minimum absolute atomic E-state index is 0.250. The Bertz CT molecular complexity index is 549. The Morgan fingerprint density at radius 1 is 1.22 bits per heavy atom. The number of benzene rings is 1. The van der Waals surface area contributed by atoms with Crippen molar-refractivity contribution < 1.29 is 4.39 Å². The number of hydrogen-bond donors (Lipinski definition) is 1. The van der Waals surface area contributed by atoms with E-state index in [9.17, 15) is 4.39 Å². The van der Waals surface area contributed by atoms with Crippen LogP contribution in [0.25, 0.3) is 0 Å². The highest BCUT2D eigenvalue weighted by Gasteiger charge is 2.06. The van der Waals surface area contributed by atoms with Gasteiger partial charge in [-0.15, -0.1) is 0 Å². The van der Waals surface area contributed by atoms with Gasteiger partial charge < -0.3 is 5.32 Å². The van der Waals surface area contributed by atoms with Gasteiger partial charge in [0.25, 0.3) is 0 Å². The van der Waals surface area contributed by atoms with E-state index in [1.165, 1.54) is 6.07 Å². The van der Waals surface area contributed by atoms with E-state index in [2.05, 4.69) is 15.3 Å². The van der Waals surface area contributed by atoms with Gasteiger partial charge in [-0.2, -0.15) is 0 Å². The molecule has 0 unspecified atom stereocenters. The Hall–Kier alpha value is -1.68. The molecular weight excluding hydrogens is 253 g/mol. The molecule has 94 valence electrons. The fourth-order valence-corrected chi connectivity index (χ4v) is 1.71. The van der Waals surface area contributed by atoms with Crippen molar-refractivity contribution in [1.29, 1.82) is 0 Å². The molecule has 1 aromatic carbocycles. The van der Waals surface area contributed by atoms with E-state index in [0.29, 0.717) is 23.2 Å². The summed E-state index contributed by atoms with van der Waals surface area (Å²) in [5.41, 5.74) is 2.23. The first kappa shape index (κ1) is 12.8. The van der Waals surface area contributed by atoms with Crippen LogP contribution in [0.1, 0.15) is 16.8 Å². The van der Waals surface area contributed by atoms with Gasteiger partial charge in [-0.25, -0.2) is 14.4 Å². The average Bonchev–Trinajstić information content (AvgIpc) is 2.35.